The van der Waals surface area contributed by atoms with E-state index in [0.29, 0.717) is 39.6 Å². The van der Waals surface area contributed by atoms with Gasteiger partial charge in [0.2, 0.25) is 0 Å². The van der Waals surface area contributed by atoms with Crippen molar-refractivity contribution in [2.45, 2.75) is 20.3 Å². The van der Waals surface area contributed by atoms with Crippen LogP contribution in [0.3, 0.4) is 0 Å². The molecule has 0 unspecified atom stereocenters. The minimum absolute atomic E-state index is 0.208. The van der Waals surface area contributed by atoms with Crippen LogP contribution in [0.25, 0.3) is 0 Å². The highest BCUT2D eigenvalue weighted by molar-refractivity contribution is 6.35. The third-order valence-corrected chi connectivity index (χ3v) is 4.12. The van der Waals surface area contributed by atoms with Crippen molar-refractivity contribution in [2.75, 3.05) is 18.5 Å². The fourth-order valence-corrected chi connectivity index (χ4v) is 2.56. The summed E-state index contributed by atoms with van der Waals surface area (Å²) >= 11 is 11.8. The van der Waals surface area contributed by atoms with E-state index in [9.17, 15) is 9.59 Å². The molecule has 0 radical (unpaired) electrons. The lowest BCUT2D eigenvalue weighted by Gasteiger charge is -2.10. The zero-order valence-corrected chi connectivity index (χ0v) is 16.6. The van der Waals surface area contributed by atoms with Crippen molar-refractivity contribution in [3.05, 3.63) is 58.1 Å². The van der Waals surface area contributed by atoms with Crippen LogP contribution in [-0.4, -0.2) is 25.1 Å². The van der Waals surface area contributed by atoms with Crippen molar-refractivity contribution >= 4 is 40.8 Å². The molecule has 1 N–H and O–H groups in total. The molecule has 27 heavy (non-hydrogen) atoms. The molecule has 0 aliphatic carbocycles. The van der Waals surface area contributed by atoms with Gasteiger partial charge in [-0.2, -0.15) is 0 Å². The Kier molecular flexibility index (Phi) is 7.95. The van der Waals surface area contributed by atoms with Gasteiger partial charge < -0.3 is 14.8 Å². The van der Waals surface area contributed by atoms with Crippen LogP contribution in [0.4, 0.5) is 5.69 Å². The highest BCUT2D eigenvalue weighted by atomic mass is 35.5. The van der Waals surface area contributed by atoms with Gasteiger partial charge in [-0.25, -0.2) is 4.79 Å². The Hall–Kier alpha value is -2.24. The third kappa shape index (κ3) is 7.12. The number of carbonyl (C=O) groups excluding carboxylic acids is 2. The number of hydrogen-bond acceptors (Lipinski definition) is 4. The SMILES string of the molecule is CC(C)CCOC(=O)c1ccc(NC(=O)COc2ccc(Cl)cc2Cl)cc1. The normalized spacial score (nSPS) is 10.6. The molecule has 2 aromatic carbocycles. The van der Waals surface area contributed by atoms with Crippen molar-refractivity contribution < 1.29 is 19.1 Å². The van der Waals surface area contributed by atoms with E-state index in [1.807, 2.05) is 0 Å². The average molecular weight is 410 g/mol. The highest BCUT2D eigenvalue weighted by Gasteiger charge is 2.10. The summed E-state index contributed by atoms with van der Waals surface area (Å²) in [5.74, 6) is 0.110. The first kappa shape index (κ1) is 21.1. The summed E-state index contributed by atoms with van der Waals surface area (Å²) in [6, 6.07) is 11.2. The molecule has 0 bridgehead atoms. The van der Waals surface area contributed by atoms with Crippen molar-refractivity contribution in [2.24, 2.45) is 5.92 Å². The second kappa shape index (κ2) is 10.2. The summed E-state index contributed by atoms with van der Waals surface area (Å²) in [6.07, 6.45) is 0.817. The molecule has 0 saturated carbocycles. The number of rotatable bonds is 8. The average Bonchev–Trinajstić information content (AvgIpc) is 2.61. The molecule has 144 valence electrons. The van der Waals surface area contributed by atoms with Crippen LogP contribution >= 0.6 is 23.2 Å². The molecule has 0 atom stereocenters. The largest absolute Gasteiger partial charge is 0.482 e. The van der Waals surface area contributed by atoms with Crippen LogP contribution in [0.1, 0.15) is 30.6 Å². The van der Waals surface area contributed by atoms with Crippen LogP contribution in [0.15, 0.2) is 42.5 Å². The summed E-state index contributed by atoms with van der Waals surface area (Å²) in [7, 11) is 0. The van der Waals surface area contributed by atoms with E-state index >= 15 is 0 Å². The van der Waals surface area contributed by atoms with Gasteiger partial charge in [-0.15, -0.1) is 0 Å². The number of esters is 1. The van der Waals surface area contributed by atoms with Gasteiger partial charge in [0.15, 0.2) is 6.61 Å². The first-order valence-corrected chi connectivity index (χ1v) is 9.25. The molecule has 0 aliphatic rings. The van der Waals surface area contributed by atoms with Gasteiger partial charge in [-0.3, -0.25) is 4.79 Å². The van der Waals surface area contributed by atoms with Gasteiger partial charge >= 0.3 is 5.97 Å². The molecule has 0 spiro atoms. The lowest BCUT2D eigenvalue weighted by Crippen LogP contribution is -2.20. The van der Waals surface area contributed by atoms with Gasteiger partial charge in [0, 0.05) is 10.7 Å². The predicted molar refractivity (Wildman–Crippen MR) is 107 cm³/mol. The summed E-state index contributed by atoms with van der Waals surface area (Å²) < 4.78 is 10.6. The number of hydrogen-bond donors (Lipinski definition) is 1. The second-order valence-electron chi connectivity index (χ2n) is 6.31. The van der Waals surface area contributed by atoms with E-state index in [2.05, 4.69) is 19.2 Å². The molecule has 2 rings (SSSR count). The number of carbonyl (C=O) groups is 2. The number of ether oxygens (including phenoxy) is 2. The molecule has 7 heteroatoms. The maximum atomic E-state index is 12.0. The molecule has 2 aromatic rings. The number of anilines is 1. The molecule has 0 fully saturated rings. The van der Waals surface area contributed by atoms with Crippen molar-refractivity contribution in [3.8, 4) is 5.75 Å². The Morgan fingerprint density at radius 3 is 2.41 bits per heavy atom. The van der Waals surface area contributed by atoms with Gasteiger partial charge in [0.05, 0.1) is 17.2 Å². The van der Waals surface area contributed by atoms with Crippen LogP contribution < -0.4 is 10.1 Å². The third-order valence-electron chi connectivity index (χ3n) is 3.59. The quantitative estimate of drug-likeness (QED) is 0.607. The van der Waals surface area contributed by atoms with Crippen LogP contribution in [0.2, 0.25) is 10.0 Å². The second-order valence-corrected chi connectivity index (χ2v) is 7.15. The van der Waals surface area contributed by atoms with Crippen LogP contribution in [0, 0.1) is 5.92 Å². The zero-order chi connectivity index (χ0) is 19.8. The summed E-state index contributed by atoms with van der Waals surface area (Å²) in [5, 5.41) is 3.50. The number of nitrogens with one attached hydrogen (secondary N) is 1. The molecule has 0 saturated heterocycles. The Labute approximate surface area is 168 Å². The van der Waals surface area contributed by atoms with Gasteiger partial charge in [0.25, 0.3) is 5.91 Å². The fraction of sp³-hybridized carbons (Fsp3) is 0.300. The minimum Gasteiger partial charge on any atom is -0.482 e. The lowest BCUT2D eigenvalue weighted by molar-refractivity contribution is -0.118. The Morgan fingerprint density at radius 1 is 1.07 bits per heavy atom. The first-order chi connectivity index (χ1) is 12.8. The van der Waals surface area contributed by atoms with E-state index in [0.717, 1.165) is 6.42 Å². The number of halogens is 2. The highest BCUT2D eigenvalue weighted by Crippen LogP contribution is 2.27. The van der Waals surface area contributed by atoms with E-state index in [-0.39, 0.29) is 18.5 Å². The standard InChI is InChI=1S/C20H21Cl2NO4/c1-13(2)9-10-26-20(25)14-3-6-16(7-4-14)23-19(24)12-27-18-8-5-15(21)11-17(18)22/h3-8,11,13H,9-10,12H2,1-2H3,(H,23,24). The van der Waals surface area contributed by atoms with E-state index in [4.69, 9.17) is 32.7 Å². The van der Waals surface area contributed by atoms with E-state index in [1.54, 1.807) is 36.4 Å². The summed E-state index contributed by atoms with van der Waals surface area (Å²) in [5.41, 5.74) is 0.977. The Bertz CT molecular complexity index is 791. The first-order valence-electron chi connectivity index (χ1n) is 8.50. The van der Waals surface area contributed by atoms with Crippen LogP contribution in [0.5, 0.6) is 5.75 Å². The zero-order valence-electron chi connectivity index (χ0n) is 15.1. The number of amides is 1. The fourth-order valence-electron chi connectivity index (χ4n) is 2.09. The molecule has 0 heterocycles. The van der Waals surface area contributed by atoms with Crippen molar-refractivity contribution in [3.63, 3.8) is 0 Å². The maximum Gasteiger partial charge on any atom is 0.338 e. The Balaban J connectivity index is 1.82. The summed E-state index contributed by atoms with van der Waals surface area (Å²) in [4.78, 5) is 23.9. The molecule has 1 amide bonds. The Morgan fingerprint density at radius 2 is 1.78 bits per heavy atom. The monoisotopic (exact) mass is 409 g/mol. The minimum atomic E-state index is -0.380. The number of benzene rings is 2. The van der Waals surface area contributed by atoms with Gasteiger partial charge in [0.1, 0.15) is 5.75 Å². The molecule has 0 aliphatic heterocycles. The maximum absolute atomic E-state index is 12.0. The predicted octanol–water partition coefficient (Wildman–Crippen LogP) is 5.21. The molecular formula is C20H21Cl2NO4. The smallest absolute Gasteiger partial charge is 0.338 e. The van der Waals surface area contributed by atoms with E-state index in [1.165, 1.54) is 6.07 Å². The van der Waals surface area contributed by atoms with Crippen molar-refractivity contribution in [1.29, 1.82) is 0 Å². The van der Waals surface area contributed by atoms with Crippen molar-refractivity contribution in [1.82, 2.24) is 0 Å². The topological polar surface area (TPSA) is 64.6 Å². The summed E-state index contributed by atoms with van der Waals surface area (Å²) in [6.45, 7) is 4.31. The van der Waals surface area contributed by atoms with Crippen LogP contribution in [-0.2, 0) is 9.53 Å². The van der Waals surface area contributed by atoms with Gasteiger partial charge in [-0.05, 0) is 54.8 Å². The van der Waals surface area contributed by atoms with E-state index < -0.39 is 0 Å². The molecule has 5 nitrogen and oxygen atoms in total. The lowest BCUT2D eigenvalue weighted by atomic mass is 10.1. The molecule has 0 aromatic heterocycles. The van der Waals surface area contributed by atoms with Gasteiger partial charge in [-0.1, -0.05) is 37.0 Å². The molecular weight excluding hydrogens is 389 g/mol.